The summed E-state index contributed by atoms with van der Waals surface area (Å²) in [6.45, 7) is 1.93. The van der Waals surface area contributed by atoms with Gasteiger partial charge in [-0.15, -0.1) is 0 Å². The van der Waals surface area contributed by atoms with Crippen LogP contribution in [0.1, 0.15) is 45.4 Å². The predicted molar refractivity (Wildman–Crippen MR) is 81.0 cm³/mol. The maximum absolute atomic E-state index is 12.2. The zero-order valence-electron chi connectivity index (χ0n) is 13.6. The molecular weight excluding hydrogens is 316 g/mol. The van der Waals surface area contributed by atoms with Crippen LogP contribution in [0.25, 0.3) is 0 Å². The second-order valence-electron chi connectivity index (χ2n) is 6.79. The number of amides is 1. The van der Waals surface area contributed by atoms with Crippen LogP contribution in [0.4, 0.5) is 0 Å². The SMILES string of the molecule is CC(N)(N1CCCC1=O)C12CCCCC1(O)OC(=O)/C=C/C(=O)O2. The number of esters is 2. The van der Waals surface area contributed by atoms with Crippen LogP contribution in [-0.4, -0.2) is 51.4 Å². The third-order valence-electron chi connectivity index (χ3n) is 5.28. The zero-order chi connectivity index (χ0) is 17.6. The Hall–Kier alpha value is -1.93. The Morgan fingerprint density at radius 2 is 1.75 bits per heavy atom. The van der Waals surface area contributed by atoms with Crippen molar-refractivity contribution < 1.29 is 29.0 Å². The van der Waals surface area contributed by atoms with E-state index >= 15 is 0 Å². The first kappa shape index (κ1) is 16.9. The van der Waals surface area contributed by atoms with Gasteiger partial charge in [-0.2, -0.15) is 0 Å². The Labute approximate surface area is 139 Å². The highest BCUT2D eigenvalue weighted by atomic mass is 16.7. The molecule has 3 aliphatic rings. The van der Waals surface area contributed by atoms with Crippen LogP contribution >= 0.6 is 0 Å². The molecule has 2 aliphatic heterocycles. The van der Waals surface area contributed by atoms with Crippen molar-refractivity contribution >= 4 is 17.8 Å². The molecule has 0 aromatic rings. The number of aliphatic hydroxyl groups is 1. The van der Waals surface area contributed by atoms with Crippen LogP contribution < -0.4 is 5.73 Å². The van der Waals surface area contributed by atoms with Gasteiger partial charge in [-0.1, -0.05) is 0 Å². The van der Waals surface area contributed by atoms with Gasteiger partial charge >= 0.3 is 11.9 Å². The zero-order valence-corrected chi connectivity index (χ0v) is 13.6. The van der Waals surface area contributed by atoms with E-state index in [1.54, 1.807) is 6.92 Å². The molecular formula is C16H22N2O6. The average molecular weight is 338 g/mol. The smallest absolute Gasteiger partial charge is 0.333 e. The summed E-state index contributed by atoms with van der Waals surface area (Å²) in [7, 11) is 0. The molecule has 1 aliphatic carbocycles. The molecule has 3 unspecified atom stereocenters. The molecule has 8 heteroatoms. The monoisotopic (exact) mass is 338 g/mol. The normalized spacial score (nSPS) is 37.6. The van der Waals surface area contributed by atoms with Crippen molar-refractivity contribution in [2.24, 2.45) is 5.73 Å². The topological polar surface area (TPSA) is 119 Å². The molecule has 0 aromatic heterocycles. The molecule has 1 saturated heterocycles. The van der Waals surface area contributed by atoms with E-state index in [0.29, 0.717) is 32.2 Å². The van der Waals surface area contributed by atoms with E-state index in [-0.39, 0.29) is 18.7 Å². The Bertz CT molecular complexity index is 616. The van der Waals surface area contributed by atoms with Gasteiger partial charge in [-0.3, -0.25) is 4.79 Å². The molecule has 3 atom stereocenters. The number of likely N-dealkylation sites (tertiary alicyclic amines) is 1. The van der Waals surface area contributed by atoms with Crippen molar-refractivity contribution in [3.05, 3.63) is 12.2 Å². The Morgan fingerprint density at radius 1 is 1.12 bits per heavy atom. The van der Waals surface area contributed by atoms with Crippen molar-refractivity contribution in [3.63, 3.8) is 0 Å². The predicted octanol–water partition coefficient (Wildman–Crippen LogP) is -0.0587. The molecule has 1 saturated carbocycles. The number of nitrogens with zero attached hydrogens (tertiary/aromatic N) is 1. The number of hydrogen-bond donors (Lipinski definition) is 2. The second kappa shape index (κ2) is 5.56. The number of carbonyl (C=O) groups is 3. The quantitative estimate of drug-likeness (QED) is 0.677. The standard InChI is InChI=1S/C16H22N2O6/c1-14(17,18-10-4-5-11(18)19)15-8-2-3-9-16(15,22)24-13(21)7-6-12(20)23-15/h6-7,22H,2-5,8-10,17H2,1H3/b7-6+. The summed E-state index contributed by atoms with van der Waals surface area (Å²) in [5.74, 6) is -3.91. The molecule has 8 nitrogen and oxygen atoms in total. The third kappa shape index (κ3) is 2.32. The molecule has 0 aromatic carbocycles. The molecule has 0 bridgehead atoms. The summed E-state index contributed by atoms with van der Waals surface area (Å²) in [6, 6.07) is 0. The lowest BCUT2D eigenvalue weighted by atomic mass is 9.70. The highest BCUT2D eigenvalue weighted by molar-refractivity contribution is 5.93. The summed E-state index contributed by atoms with van der Waals surface area (Å²) >= 11 is 0. The molecule has 0 radical (unpaired) electrons. The maximum Gasteiger partial charge on any atom is 0.333 e. The summed E-state index contributed by atoms with van der Waals surface area (Å²) < 4.78 is 10.8. The summed E-state index contributed by atoms with van der Waals surface area (Å²) in [4.78, 5) is 37.7. The van der Waals surface area contributed by atoms with Crippen LogP contribution in [0, 0.1) is 0 Å². The van der Waals surface area contributed by atoms with Crippen molar-refractivity contribution in [2.45, 2.75) is 62.5 Å². The summed E-state index contributed by atoms with van der Waals surface area (Å²) in [5.41, 5.74) is 3.25. The molecule has 2 fully saturated rings. The minimum Gasteiger partial charge on any atom is -0.445 e. The fourth-order valence-electron chi connectivity index (χ4n) is 4.05. The largest absolute Gasteiger partial charge is 0.445 e. The highest BCUT2D eigenvalue weighted by Crippen LogP contribution is 2.49. The van der Waals surface area contributed by atoms with Gasteiger partial charge in [0.05, 0.1) is 0 Å². The van der Waals surface area contributed by atoms with Crippen molar-refractivity contribution in [2.75, 3.05) is 6.54 Å². The van der Waals surface area contributed by atoms with Gasteiger partial charge in [0.15, 0.2) is 0 Å². The van der Waals surface area contributed by atoms with E-state index in [9.17, 15) is 19.5 Å². The van der Waals surface area contributed by atoms with Crippen LogP contribution in [0.5, 0.6) is 0 Å². The molecule has 132 valence electrons. The minimum absolute atomic E-state index is 0.0781. The van der Waals surface area contributed by atoms with E-state index in [2.05, 4.69) is 0 Å². The first-order valence-corrected chi connectivity index (χ1v) is 8.18. The molecule has 3 N–H and O–H groups in total. The Balaban J connectivity index is 2.13. The number of nitrogens with two attached hydrogens (primary N) is 1. The van der Waals surface area contributed by atoms with Crippen molar-refractivity contribution in [3.8, 4) is 0 Å². The second-order valence-corrected chi connectivity index (χ2v) is 6.79. The number of carbonyl (C=O) groups excluding carboxylic acids is 3. The van der Waals surface area contributed by atoms with Gasteiger partial charge in [0.1, 0.15) is 5.66 Å². The molecule has 2 heterocycles. The van der Waals surface area contributed by atoms with E-state index < -0.39 is 29.0 Å². The van der Waals surface area contributed by atoms with E-state index in [0.717, 1.165) is 12.2 Å². The van der Waals surface area contributed by atoms with Gasteiger partial charge in [0.2, 0.25) is 11.5 Å². The highest BCUT2D eigenvalue weighted by Gasteiger charge is 2.69. The van der Waals surface area contributed by atoms with Gasteiger partial charge in [0, 0.05) is 31.5 Å². The third-order valence-corrected chi connectivity index (χ3v) is 5.28. The minimum atomic E-state index is -2.09. The summed E-state index contributed by atoms with van der Waals surface area (Å²) in [6.07, 6.45) is 4.29. The molecule has 3 rings (SSSR count). The van der Waals surface area contributed by atoms with E-state index in [1.165, 1.54) is 4.90 Å². The Kier molecular flexibility index (Phi) is 3.92. The van der Waals surface area contributed by atoms with Crippen LogP contribution in [0.2, 0.25) is 0 Å². The van der Waals surface area contributed by atoms with Crippen molar-refractivity contribution in [1.29, 1.82) is 0 Å². The van der Waals surface area contributed by atoms with Crippen LogP contribution in [0.3, 0.4) is 0 Å². The van der Waals surface area contributed by atoms with E-state index in [1.807, 2.05) is 0 Å². The van der Waals surface area contributed by atoms with Crippen LogP contribution in [0.15, 0.2) is 12.2 Å². The number of rotatable bonds is 2. The average Bonchev–Trinajstić information content (AvgIpc) is 2.93. The van der Waals surface area contributed by atoms with Crippen molar-refractivity contribution in [1.82, 2.24) is 4.90 Å². The van der Waals surface area contributed by atoms with Gasteiger partial charge < -0.3 is 25.2 Å². The Morgan fingerprint density at radius 3 is 2.38 bits per heavy atom. The summed E-state index contributed by atoms with van der Waals surface area (Å²) in [5, 5.41) is 11.1. The fourth-order valence-corrected chi connectivity index (χ4v) is 4.05. The first-order chi connectivity index (χ1) is 11.2. The lowest BCUT2D eigenvalue weighted by Gasteiger charge is -2.57. The van der Waals surface area contributed by atoms with Gasteiger partial charge in [0.25, 0.3) is 5.79 Å². The van der Waals surface area contributed by atoms with Gasteiger partial charge in [-0.25, -0.2) is 9.59 Å². The van der Waals surface area contributed by atoms with E-state index in [4.69, 9.17) is 15.2 Å². The number of fused-ring (bicyclic) bond motifs is 1. The lowest BCUT2D eigenvalue weighted by molar-refractivity contribution is -0.330. The maximum atomic E-state index is 12.2. The molecule has 0 spiro atoms. The number of ether oxygens (including phenoxy) is 2. The molecule has 1 amide bonds. The van der Waals surface area contributed by atoms with Gasteiger partial charge in [-0.05, 0) is 32.6 Å². The lowest BCUT2D eigenvalue weighted by Crippen LogP contribution is -2.79. The molecule has 24 heavy (non-hydrogen) atoms. The fraction of sp³-hybridized carbons (Fsp3) is 0.688. The first-order valence-electron chi connectivity index (χ1n) is 8.18. The number of hydrogen-bond acceptors (Lipinski definition) is 7. The van der Waals surface area contributed by atoms with Crippen LogP contribution in [-0.2, 0) is 23.9 Å².